The minimum atomic E-state index is -1.23. The molecule has 76 valence electrons. The normalized spacial score (nSPS) is 15.2. The van der Waals surface area contributed by atoms with Crippen LogP contribution in [-0.2, 0) is 9.59 Å². The van der Waals surface area contributed by atoms with Crippen molar-refractivity contribution in [3.8, 4) is 0 Å². The number of aliphatic carboxylic acids is 1. The van der Waals surface area contributed by atoms with Gasteiger partial charge in [-0.2, -0.15) is 0 Å². The highest BCUT2D eigenvalue weighted by Gasteiger charge is 2.29. The van der Waals surface area contributed by atoms with Crippen LogP contribution in [0.25, 0.3) is 0 Å². The van der Waals surface area contributed by atoms with Crippen LogP contribution in [0.15, 0.2) is 0 Å². The fourth-order valence-corrected chi connectivity index (χ4v) is 0.897. The Kier molecular flexibility index (Phi) is 4.40. The maximum atomic E-state index is 10.6. The van der Waals surface area contributed by atoms with Crippen molar-refractivity contribution in [3.05, 3.63) is 0 Å². The second kappa shape index (κ2) is 4.81. The maximum absolute atomic E-state index is 10.6. The highest BCUT2D eigenvalue weighted by Crippen LogP contribution is 2.06. The average molecular weight is 189 g/mol. The molecule has 0 rings (SSSR count). The van der Waals surface area contributed by atoms with E-state index >= 15 is 0 Å². The predicted molar refractivity (Wildman–Crippen MR) is 46.1 cm³/mol. The monoisotopic (exact) mass is 189 g/mol. The Balaban J connectivity index is 4.41. The molecular formula is C8H15NO4. The van der Waals surface area contributed by atoms with E-state index in [4.69, 9.17) is 5.11 Å². The van der Waals surface area contributed by atoms with Gasteiger partial charge in [-0.3, -0.25) is 4.79 Å². The van der Waals surface area contributed by atoms with E-state index in [9.17, 15) is 14.7 Å². The molecule has 0 aliphatic carbocycles. The van der Waals surface area contributed by atoms with Crippen LogP contribution < -0.4 is 5.32 Å². The summed E-state index contributed by atoms with van der Waals surface area (Å²) in [5.41, 5.74) is 0. The number of nitrogens with one attached hydrogen (secondary N) is 1. The van der Waals surface area contributed by atoms with E-state index in [2.05, 4.69) is 5.32 Å². The Morgan fingerprint density at radius 2 is 1.77 bits per heavy atom. The summed E-state index contributed by atoms with van der Waals surface area (Å²) < 4.78 is 0. The Morgan fingerprint density at radius 3 is 2.00 bits per heavy atom. The van der Waals surface area contributed by atoms with E-state index in [1.165, 1.54) is 6.92 Å². The van der Waals surface area contributed by atoms with Crippen molar-refractivity contribution in [1.82, 2.24) is 5.32 Å². The zero-order valence-electron chi connectivity index (χ0n) is 7.94. The van der Waals surface area contributed by atoms with Gasteiger partial charge in [0.15, 0.2) is 6.04 Å². The third-order valence-electron chi connectivity index (χ3n) is 1.65. The van der Waals surface area contributed by atoms with Crippen molar-refractivity contribution in [2.45, 2.75) is 32.9 Å². The molecule has 0 aromatic heterocycles. The first-order chi connectivity index (χ1) is 5.86. The Hall–Kier alpha value is -1.10. The first-order valence-corrected chi connectivity index (χ1v) is 4.04. The molecule has 0 saturated carbocycles. The quantitative estimate of drug-likeness (QED) is 0.561. The SMILES string of the molecule is CC(=O)N[C@H](C(=O)O)C(O)C(C)C. The number of hydrogen-bond acceptors (Lipinski definition) is 3. The summed E-state index contributed by atoms with van der Waals surface area (Å²) in [7, 11) is 0. The number of carbonyl (C=O) groups excluding carboxylic acids is 1. The molecule has 0 aromatic carbocycles. The molecule has 0 radical (unpaired) electrons. The molecule has 5 nitrogen and oxygen atoms in total. The minimum absolute atomic E-state index is 0.215. The van der Waals surface area contributed by atoms with Crippen molar-refractivity contribution < 1.29 is 19.8 Å². The highest BCUT2D eigenvalue weighted by molar-refractivity contribution is 5.82. The van der Waals surface area contributed by atoms with Gasteiger partial charge in [0, 0.05) is 6.92 Å². The predicted octanol–water partition coefficient (Wildman–Crippen LogP) is -0.407. The maximum Gasteiger partial charge on any atom is 0.328 e. The first-order valence-electron chi connectivity index (χ1n) is 4.04. The summed E-state index contributed by atoms with van der Waals surface area (Å²) in [6.45, 7) is 4.58. The lowest BCUT2D eigenvalue weighted by molar-refractivity contribution is -0.145. The molecular weight excluding hydrogens is 174 g/mol. The van der Waals surface area contributed by atoms with Crippen molar-refractivity contribution in [2.75, 3.05) is 0 Å². The van der Waals surface area contributed by atoms with Crippen LogP contribution in [0.2, 0.25) is 0 Å². The second-order valence-corrected chi connectivity index (χ2v) is 3.25. The van der Waals surface area contributed by atoms with Crippen molar-refractivity contribution in [1.29, 1.82) is 0 Å². The highest BCUT2D eigenvalue weighted by atomic mass is 16.4. The summed E-state index contributed by atoms with van der Waals surface area (Å²) in [6.07, 6.45) is -1.07. The minimum Gasteiger partial charge on any atom is -0.480 e. The summed E-state index contributed by atoms with van der Waals surface area (Å²) in [5.74, 6) is -1.91. The number of aliphatic hydroxyl groups is 1. The lowest BCUT2D eigenvalue weighted by atomic mass is 10.00. The summed E-state index contributed by atoms with van der Waals surface area (Å²) >= 11 is 0. The van der Waals surface area contributed by atoms with Gasteiger partial charge in [-0.1, -0.05) is 13.8 Å². The molecule has 0 fully saturated rings. The molecule has 0 bridgehead atoms. The smallest absolute Gasteiger partial charge is 0.328 e. The second-order valence-electron chi connectivity index (χ2n) is 3.25. The lowest BCUT2D eigenvalue weighted by Crippen LogP contribution is -2.49. The van der Waals surface area contributed by atoms with Gasteiger partial charge in [0.05, 0.1) is 6.10 Å². The molecule has 5 heteroatoms. The summed E-state index contributed by atoms with van der Waals surface area (Å²) in [4.78, 5) is 21.2. The lowest BCUT2D eigenvalue weighted by Gasteiger charge is -2.22. The zero-order valence-corrected chi connectivity index (χ0v) is 7.94. The van der Waals surface area contributed by atoms with Crippen LogP contribution in [0.3, 0.4) is 0 Å². The first kappa shape index (κ1) is 11.9. The molecule has 0 saturated heterocycles. The standard InChI is InChI=1S/C8H15NO4/c1-4(2)7(11)6(8(12)13)9-5(3)10/h4,6-7,11H,1-3H3,(H,9,10)(H,12,13)/t6-,7?/m0/s1. The molecule has 0 heterocycles. The van der Waals surface area contributed by atoms with Crippen LogP contribution in [0.1, 0.15) is 20.8 Å². The van der Waals surface area contributed by atoms with Gasteiger partial charge in [0.1, 0.15) is 0 Å². The molecule has 1 amide bonds. The van der Waals surface area contributed by atoms with E-state index in [0.29, 0.717) is 0 Å². The average Bonchev–Trinajstić information content (AvgIpc) is 1.97. The Morgan fingerprint density at radius 1 is 1.31 bits per heavy atom. The van der Waals surface area contributed by atoms with E-state index in [0.717, 1.165) is 0 Å². The van der Waals surface area contributed by atoms with Gasteiger partial charge in [0.25, 0.3) is 0 Å². The molecule has 2 atom stereocenters. The number of carboxylic acid groups (broad SMARTS) is 1. The molecule has 0 aliphatic rings. The van der Waals surface area contributed by atoms with Crippen LogP contribution in [-0.4, -0.2) is 34.2 Å². The van der Waals surface area contributed by atoms with Crippen LogP contribution in [0.4, 0.5) is 0 Å². The number of carboxylic acids is 1. The Bertz CT molecular complexity index is 202. The van der Waals surface area contributed by atoms with E-state index < -0.39 is 24.0 Å². The Labute approximate surface area is 76.8 Å². The number of aliphatic hydroxyl groups excluding tert-OH is 1. The number of carbonyl (C=O) groups is 2. The van der Waals surface area contributed by atoms with Crippen molar-refractivity contribution >= 4 is 11.9 Å². The van der Waals surface area contributed by atoms with Crippen LogP contribution in [0, 0.1) is 5.92 Å². The molecule has 3 N–H and O–H groups in total. The van der Waals surface area contributed by atoms with Gasteiger partial charge >= 0.3 is 5.97 Å². The third kappa shape index (κ3) is 3.89. The number of amides is 1. The molecule has 0 aliphatic heterocycles. The fourth-order valence-electron chi connectivity index (χ4n) is 0.897. The third-order valence-corrected chi connectivity index (χ3v) is 1.65. The molecule has 0 spiro atoms. The molecule has 1 unspecified atom stereocenters. The topological polar surface area (TPSA) is 86.6 Å². The number of rotatable bonds is 4. The van der Waals surface area contributed by atoms with E-state index in [-0.39, 0.29) is 5.92 Å². The van der Waals surface area contributed by atoms with Crippen molar-refractivity contribution in [2.24, 2.45) is 5.92 Å². The van der Waals surface area contributed by atoms with E-state index in [1.54, 1.807) is 13.8 Å². The molecule has 13 heavy (non-hydrogen) atoms. The van der Waals surface area contributed by atoms with Crippen LogP contribution in [0.5, 0.6) is 0 Å². The van der Waals surface area contributed by atoms with Gasteiger partial charge in [-0.25, -0.2) is 4.79 Å². The summed E-state index contributed by atoms with van der Waals surface area (Å²) in [6, 6.07) is -1.22. The molecule has 0 aromatic rings. The van der Waals surface area contributed by atoms with Gasteiger partial charge in [-0.05, 0) is 5.92 Å². The fraction of sp³-hybridized carbons (Fsp3) is 0.750. The van der Waals surface area contributed by atoms with Gasteiger partial charge < -0.3 is 15.5 Å². The van der Waals surface area contributed by atoms with Gasteiger partial charge in [-0.15, -0.1) is 0 Å². The number of hydrogen-bond donors (Lipinski definition) is 3. The van der Waals surface area contributed by atoms with Crippen molar-refractivity contribution in [3.63, 3.8) is 0 Å². The van der Waals surface area contributed by atoms with E-state index in [1.807, 2.05) is 0 Å². The largest absolute Gasteiger partial charge is 0.480 e. The summed E-state index contributed by atoms with van der Waals surface area (Å²) in [5, 5.41) is 20.2. The van der Waals surface area contributed by atoms with Gasteiger partial charge in [0.2, 0.25) is 5.91 Å². The zero-order chi connectivity index (χ0) is 10.6. The van der Waals surface area contributed by atoms with Crippen LogP contribution >= 0.6 is 0 Å².